The summed E-state index contributed by atoms with van der Waals surface area (Å²) in [6.45, 7) is 3.53. The first-order valence-corrected chi connectivity index (χ1v) is 5.35. The van der Waals surface area contributed by atoms with E-state index in [0.29, 0.717) is 6.54 Å². The van der Waals surface area contributed by atoms with Crippen LogP contribution in [0.3, 0.4) is 0 Å². The van der Waals surface area contributed by atoms with Crippen molar-refractivity contribution in [1.29, 1.82) is 0 Å². The normalized spacial score (nSPS) is 28.2. The predicted molar refractivity (Wildman–Crippen MR) is 52.5 cm³/mol. The molecular formula is C9H14N2OS. The lowest BCUT2D eigenvalue weighted by Crippen LogP contribution is -2.17. The van der Waals surface area contributed by atoms with E-state index in [4.69, 9.17) is 10.5 Å². The standard InChI is InChI=1S/C9H14N2OS/c1-9(3-2-4-12-9)7-6-11-8(5-10)13-7/h6H,2-5,10H2,1H3. The summed E-state index contributed by atoms with van der Waals surface area (Å²) in [4.78, 5) is 5.45. The number of hydrogen-bond acceptors (Lipinski definition) is 4. The quantitative estimate of drug-likeness (QED) is 0.785. The van der Waals surface area contributed by atoms with Crippen LogP contribution in [-0.4, -0.2) is 11.6 Å². The highest BCUT2D eigenvalue weighted by Gasteiger charge is 2.33. The molecule has 0 spiro atoms. The summed E-state index contributed by atoms with van der Waals surface area (Å²) in [7, 11) is 0. The van der Waals surface area contributed by atoms with Crippen LogP contribution < -0.4 is 5.73 Å². The second-order valence-corrected chi connectivity index (χ2v) is 4.62. The third-order valence-electron chi connectivity index (χ3n) is 2.47. The van der Waals surface area contributed by atoms with Crippen LogP contribution in [0.1, 0.15) is 29.7 Å². The number of thiazole rings is 1. The molecule has 1 fully saturated rings. The van der Waals surface area contributed by atoms with Gasteiger partial charge in [-0.1, -0.05) is 0 Å². The Bertz CT molecular complexity index is 292. The van der Waals surface area contributed by atoms with Gasteiger partial charge in [0.25, 0.3) is 0 Å². The maximum atomic E-state index is 5.71. The van der Waals surface area contributed by atoms with Crippen LogP contribution in [-0.2, 0) is 16.9 Å². The SMILES string of the molecule is CC1(c2cnc(CN)s2)CCCO1. The van der Waals surface area contributed by atoms with Gasteiger partial charge < -0.3 is 10.5 Å². The molecule has 0 saturated carbocycles. The first-order chi connectivity index (χ1) is 6.24. The highest BCUT2D eigenvalue weighted by atomic mass is 32.1. The number of hydrogen-bond donors (Lipinski definition) is 1. The average molecular weight is 198 g/mol. The van der Waals surface area contributed by atoms with Gasteiger partial charge in [-0.05, 0) is 19.8 Å². The van der Waals surface area contributed by atoms with E-state index in [2.05, 4.69) is 11.9 Å². The van der Waals surface area contributed by atoms with E-state index in [9.17, 15) is 0 Å². The van der Waals surface area contributed by atoms with Crippen LogP contribution in [0.5, 0.6) is 0 Å². The van der Waals surface area contributed by atoms with Crippen molar-refractivity contribution in [2.45, 2.75) is 31.9 Å². The Morgan fingerprint density at radius 1 is 1.77 bits per heavy atom. The topological polar surface area (TPSA) is 48.1 Å². The largest absolute Gasteiger partial charge is 0.370 e. The van der Waals surface area contributed by atoms with E-state index < -0.39 is 0 Å². The molecular weight excluding hydrogens is 184 g/mol. The van der Waals surface area contributed by atoms with Crippen molar-refractivity contribution >= 4 is 11.3 Å². The summed E-state index contributed by atoms with van der Waals surface area (Å²) in [5.41, 5.74) is 5.42. The van der Waals surface area contributed by atoms with E-state index >= 15 is 0 Å². The summed E-state index contributed by atoms with van der Waals surface area (Å²) in [5.74, 6) is 0. The maximum Gasteiger partial charge on any atom is 0.106 e. The van der Waals surface area contributed by atoms with Gasteiger partial charge in [0.05, 0.1) is 4.88 Å². The fraction of sp³-hybridized carbons (Fsp3) is 0.667. The highest BCUT2D eigenvalue weighted by Crippen LogP contribution is 2.38. The van der Waals surface area contributed by atoms with Gasteiger partial charge in [0.2, 0.25) is 0 Å². The molecule has 1 aliphatic rings. The van der Waals surface area contributed by atoms with E-state index in [0.717, 1.165) is 24.5 Å². The van der Waals surface area contributed by atoms with Crippen LogP contribution in [0, 0.1) is 0 Å². The molecule has 1 aromatic heterocycles. The van der Waals surface area contributed by atoms with Crippen LogP contribution in [0.4, 0.5) is 0 Å². The number of ether oxygens (including phenoxy) is 1. The monoisotopic (exact) mass is 198 g/mol. The van der Waals surface area contributed by atoms with Gasteiger partial charge in [0.1, 0.15) is 10.6 Å². The van der Waals surface area contributed by atoms with Crippen LogP contribution in [0.2, 0.25) is 0 Å². The van der Waals surface area contributed by atoms with Crippen molar-refractivity contribution in [2.75, 3.05) is 6.61 Å². The van der Waals surface area contributed by atoms with E-state index in [1.54, 1.807) is 11.3 Å². The van der Waals surface area contributed by atoms with E-state index in [1.165, 1.54) is 4.88 Å². The van der Waals surface area contributed by atoms with Crippen molar-refractivity contribution in [3.8, 4) is 0 Å². The summed E-state index contributed by atoms with van der Waals surface area (Å²) < 4.78 is 5.71. The lowest BCUT2D eigenvalue weighted by atomic mass is 10.0. The van der Waals surface area contributed by atoms with Crippen LogP contribution in [0.25, 0.3) is 0 Å². The Kier molecular flexibility index (Phi) is 2.36. The molecule has 0 aliphatic carbocycles. The third-order valence-corrected chi connectivity index (χ3v) is 3.73. The van der Waals surface area contributed by atoms with E-state index in [-0.39, 0.29) is 5.60 Å². The average Bonchev–Trinajstić information content (AvgIpc) is 2.72. The van der Waals surface area contributed by atoms with E-state index in [1.807, 2.05) is 6.20 Å². The van der Waals surface area contributed by atoms with Gasteiger partial charge in [-0.25, -0.2) is 4.98 Å². The molecule has 2 N–H and O–H groups in total. The summed E-state index contributed by atoms with van der Waals surface area (Å²) in [5, 5.41) is 0.992. The summed E-state index contributed by atoms with van der Waals surface area (Å²) in [6, 6.07) is 0. The second kappa shape index (κ2) is 3.36. The Morgan fingerprint density at radius 2 is 2.62 bits per heavy atom. The zero-order valence-electron chi connectivity index (χ0n) is 7.75. The second-order valence-electron chi connectivity index (χ2n) is 3.51. The van der Waals surface area contributed by atoms with Crippen molar-refractivity contribution < 1.29 is 4.74 Å². The van der Waals surface area contributed by atoms with Gasteiger partial charge in [0.15, 0.2) is 0 Å². The lowest BCUT2D eigenvalue weighted by molar-refractivity contribution is 0.0197. The minimum Gasteiger partial charge on any atom is -0.370 e. The Hall–Kier alpha value is -0.450. The summed E-state index contributed by atoms with van der Waals surface area (Å²) >= 11 is 1.67. The van der Waals surface area contributed by atoms with Crippen molar-refractivity contribution in [2.24, 2.45) is 5.73 Å². The molecule has 3 nitrogen and oxygen atoms in total. The number of nitrogens with zero attached hydrogens (tertiary/aromatic N) is 1. The molecule has 2 rings (SSSR count). The third kappa shape index (κ3) is 1.61. The fourth-order valence-electron chi connectivity index (χ4n) is 1.62. The zero-order chi connectivity index (χ0) is 9.31. The van der Waals surface area contributed by atoms with Crippen molar-refractivity contribution in [1.82, 2.24) is 4.98 Å². The van der Waals surface area contributed by atoms with Gasteiger partial charge >= 0.3 is 0 Å². The molecule has 72 valence electrons. The molecule has 4 heteroatoms. The number of rotatable bonds is 2. The van der Waals surface area contributed by atoms with Crippen LogP contribution >= 0.6 is 11.3 Å². The highest BCUT2D eigenvalue weighted by molar-refractivity contribution is 7.11. The molecule has 1 unspecified atom stereocenters. The number of nitrogens with two attached hydrogens (primary N) is 1. The molecule has 2 heterocycles. The molecule has 0 aromatic carbocycles. The minimum atomic E-state index is -0.0922. The number of aromatic nitrogens is 1. The van der Waals surface area contributed by atoms with Crippen LogP contribution in [0.15, 0.2) is 6.20 Å². The first-order valence-electron chi connectivity index (χ1n) is 4.54. The Morgan fingerprint density at radius 3 is 3.15 bits per heavy atom. The van der Waals surface area contributed by atoms with Crippen molar-refractivity contribution in [3.63, 3.8) is 0 Å². The van der Waals surface area contributed by atoms with Gasteiger partial charge in [-0.2, -0.15) is 0 Å². The van der Waals surface area contributed by atoms with Gasteiger partial charge in [0, 0.05) is 19.3 Å². The summed E-state index contributed by atoms with van der Waals surface area (Å²) in [6.07, 6.45) is 4.14. The molecule has 0 bridgehead atoms. The van der Waals surface area contributed by atoms with Crippen molar-refractivity contribution in [3.05, 3.63) is 16.1 Å². The maximum absolute atomic E-state index is 5.71. The lowest BCUT2D eigenvalue weighted by Gasteiger charge is -2.20. The minimum absolute atomic E-state index is 0.0922. The predicted octanol–water partition coefficient (Wildman–Crippen LogP) is 1.63. The molecule has 13 heavy (non-hydrogen) atoms. The fourth-order valence-corrected chi connectivity index (χ4v) is 2.55. The molecule has 1 aromatic rings. The molecule has 0 radical (unpaired) electrons. The Balaban J connectivity index is 2.23. The molecule has 0 amide bonds. The molecule has 1 atom stereocenters. The Labute approximate surface area is 81.9 Å². The van der Waals surface area contributed by atoms with Gasteiger partial charge in [-0.3, -0.25) is 0 Å². The molecule has 1 saturated heterocycles. The smallest absolute Gasteiger partial charge is 0.106 e. The first kappa shape index (κ1) is 9.12. The zero-order valence-corrected chi connectivity index (χ0v) is 8.56. The molecule has 1 aliphatic heterocycles. The van der Waals surface area contributed by atoms with Gasteiger partial charge in [-0.15, -0.1) is 11.3 Å².